The van der Waals surface area contributed by atoms with Crippen LogP contribution in [0.3, 0.4) is 0 Å². The van der Waals surface area contributed by atoms with E-state index in [4.69, 9.17) is 5.11 Å². The minimum Gasteiger partial charge on any atom is -0.465 e. The number of benzene rings is 1. The van der Waals surface area contributed by atoms with E-state index in [1.807, 2.05) is 6.07 Å². The van der Waals surface area contributed by atoms with Crippen LogP contribution in [0.2, 0.25) is 0 Å². The zero-order valence-electron chi connectivity index (χ0n) is 13.0. The molecule has 1 aliphatic heterocycles. The van der Waals surface area contributed by atoms with E-state index in [9.17, 15) is 23.1 Å². The number of nitrogens with zero attached hydrogens (tertiary/aromatic N) is 2. The number of hydrogen-bond donors (Lipinski definition) is 2. The van der Waals surface area contributed by atoms with Crippen molar-refractivity contribution >= 4 is 6.09 Å². The third-order valence-electron chi connectivity index (χ3n) is 4.22. The molecule has 0 spiro atoms. The summed E-state index contributed by atoms with van der Waals surface area (Å²) in [7, 11) is 0. The van der Waals surface area contributed by atoms with Gasteiger partial charge in [0.2, 0.25) is 0 Å². The molecule has 2 N–H and O–H groups in total. The van der Waals surface area contributed by atoms with Gasteiger partial charge in [-0.25, -0.2) is 4.79 Å². The minimum absolute atomic E-state index is 0.219. The van der Waals surface area contributed by atoms with Gasteiger partial charge in [0, 0.05) is 24.8 Å². The summed E-state index contributed by atoms with van der Waals surface area (Å²) in [6.07, 6.45) is -5.10. The van der Waals surface area contributed by atoms with Gasteiger partial charge in [0.15, 0.2) is 0 Å². The van der Waals surface area contributed by atoms with E-state index in [-0.39, 0.29) is 12.1 Å². The number of hydrogen-bond acceptors (Lipinski definition) is 3. The number of carboxylic acid groups (broad SMARTS) is 1. The molecule has 1 amide bonds. The number of aromatic nitrogens is 1. The number of rotatable bonds is 2. The second kappa shape index (κ2) is 6.36. The summed E-state index contributed by atoms with van der Waals surface area (Å²) in [6, 6.07) is 7.20. The molecule has 0 bridgehead atoms. The second-order valence-corrected chi connectivity index (χ2v) is 5.86. The highest BCUT2D eigenvalue weighted by Gasteiger charge is 2.32. The Morgan fingerprint density at radius 3 is 2.48 bits per heavy atom. The number of fused-ring (bicyclic) bond motifs is 1. The molecule has 0 saturated heterocycles. The Morgan fingerprint density at radius 2 is 1.88 bits per heavy atom. The van der Waals surface area contributed by atoms with Crippen molar-refractivity contribution in [2.45, 2.75) is 25.2 Å². The molecule has 1 unspecified atom stereocenters. The van der Waals surface area contributed by atoms with Gasteiger partial charge in [-0.1, -0.05) is 24.3 Å². The first-order valence-corrected chi connectivity index (χ1v) is 7.56. The first kappa shape index (κ1) is 17.2. The van der Waals surface area contributed by atoms with Gasteiger partial charge in [0.05, 0.1) is 0 Å². The lowest BCUT2D eigenvalue weighted by molar-refractivity contribution is -0.141. The first-order valence-electron chi connectivity index (χ1n) is 7.56. The van der Waals surface area contributed by atoms with Crippen LogP contribution in [0.15, 0.2) is 36.5 Å². The number of alkyl halides is 3. The zero-order chi connectivity index (χ0) is 18.2. The molecule has 0 aliphatic carbocycles. The standard InChI is InChI=1S/C17H15F3N2O3/c18-17(19,20)14-4-3-12(8-21-14)15(23)11-2-1-10-5-6-22(16(24)25)9-13(10)7-11/h1-4,7-8,15,23H,5-6,9H2,(H,24,25). The fourth-order valence-corrected chi connectivity index (χ4v) is 2.84. The number of pyridine rings is 1. The van der Waals surface area contributed by atoms with Crippen molar-refractivity contribution in [1.29, 1.82) is 0 Å². The van der Waals surface area contributed by atoms with E-state index in [2.05, 4.69) is 4.98 Å². The number of halogens is 3. The Bertz CT molecular complexity index is 791. The van der Waals surface area contributed by atoms with Crippen LogP contribution >= 0.6 is 0 Å². The molecular weight excluding hydrogens is 337 g/mol. The van der Waals surface area contributed by atoms with Crippen LogP contribution < -0.4 is 0 Å². The van der Waals surface area contributed by atoms with Crippen LogP contribution in [0.1, 0.15) is 34.1 Å². The van der Waals surface area contributed by atoms with Crippen molar-refractivity contribution in [2.24, 2.45) is 0 Å². The van der Waals surface area contributed by atoms with Gasteiger partial charge >= 0.3 is 12.3 Å². The number of carbonyl (C=O) groups is 1. The fourth-order valence-electron chi connectivity index (χ4n) is 2.84. The monoisotopic (exact) mass is 352 g/mol. The van der Waals surface area contributed by atoms with Gasteiger partial charge in [0.1, 0.15) is 11.8 Å². The Labute approximate surface area is 141 Å². The number of aliphatic hydroxyl groups excluding tert-OH is 1. The third kappa shape index (κ3) is 3.58. The quantitative estimate of drug-likeness (QED) is 0.870. The summed E-state index contributed by atoms with van der Waals surface area (Å²) in [5, 5.41) is 19.5. The molecule has 25 heavy (non-hydrogen) atoms. The van der Waals surface area contributed by atoms with Crippen molar-refractivity contribution in [3.8, 4) is 0 Å². The molecule has 1 atom stereocenters. The summed E-state index contributed by atoms with van der Waals surface area (Å²) in [4.78, 5) is 15.7. The molecular formula is C17H15F3N2O3. The molecule has 5 nitrogen and oxygen atoms in total. The lowest BCUT2D eigenvalue weighted by Crippen LogP contribution is -2.34. The van der Waals surface area contributed by atoms with Crippen molar-refractivity contribution in [2.75, 3.05) is 6.54 Å². The van der Waals surface area contributed by atoms with Gasteiger partial charge < -0.3 is 15.1 Å². The van der Waals surface area contributed by atoms with E-state index >= 15 is 0 Å². The molecule has 1 aromatic heterocycles. The molecule has 2 aromatic rings. The maximum atomic E-state index is 12.6. The maximum absolute atomic E-state index is 12.6. The number of aliphatic hydroxyl groups is 1. The largest absolute Gasteiger partial charge is 0.465 e. The maximum Gasteiger partial charge on any atom is 0.433 e. The first-order chi connectivity index (χ1) is 11.8. The molecule has 132 valence electrons. The Hall–Kier alpha value is -2.61. The van der Waals surface area contributed by atoms with Gasteiger partial charge in [-0.2, -0.15) is 13.2 Å². The molecule has 1 aromatic carbocycles. The smallest absolute Gasteiger partial charge is 0.433 e. The minimum atomic E-state index is -4.53. The average Bonchev–Trinajstić information content (AvgIpc) is 2.59. The third-order valence-corrected chi connectivity index (χ3v) is 4.22. The van der Waals surface area contributed by atoms with Gasteiger partial charge in [-0.15, -0.1) is 0 Å². The topological polar surface area (TPSA) is 73.7 Å². The highest BCUT2D eigenvalue weighted by atomic mass is 19.4. The Kier molecular flexibility index (Phi) is 4.38. The second-order valence-electron chi connectivity index (χ2n) is 5.86. The van der Waals surface area contributed by atoms with E-state index in [0.29, 0.717) is 18.5 Å². The molecule has 3 rings (SSSR count). The predicted octanol–water partition coefficient (Wildman–Crippen LogP) is 3.22. The Balaban J connectivity index is 1.84. The van der Waals surface area contributed by atoms with E-state index in [1.165, 1.54) is 11.0 Å². The summed E-state index contributed by atoms with van der Waals surface area (Å²) in [5.41, 5.74) is 1.47. The Morgan fingerprint density at radius 1 is 1.16 bits per heavy atom. The highest BCUT2D eigenvalue weighted by molar-refractivity contribution is 5.65. The van der Waals surface area contributed by atoms with Crippen LogP contribution in [0.4, 0.5) is 18.0 Å². The van der Waals surface area contributed by atoms with E-state index in [1.54, 1.807) is 12.1 Å². The van der Waals surface area contributed by atoms with E-state index in [0.717, 1.165) is 23.4 Å². The van der Waals surface area contributed by atoms with Crippen LogP contribution in [0.5, 0.6) is 0 Å². The van der Waals surface area contributed by atoms with Crippen LogP contribution in [-0.2, 0) is 19.1 Å². The normalized spacial score (nSPS) is 15.6. The SMILES string of the molecule is O=C(O)N1CCc2ccc(C(O)c3ccc(C(F)(F)F)nc3)cc2C1. The molecule has 0 fully saturated rings. The summed E-state index contributed by atoms with van der Waals surface area (Å²) in [6.45, 7) is 0.629. The lowest BCUT2D eigenvalue weighted by atomic mass is 9.94. The lowest BCUT2D eigenvalue weighted by Gasteiger charge is -2.27. The van der Waals surface area contributed by atoms with Gasteiger partial charge in [0.25, 0.3) is 0 Å². The number of amides is 1. The fraction of sp³-hybridized carbons (Fsp3) is 0.294. The van der Waals surface area contributed by atoms with Gasteiger partial charge in [-0.05, 0) is 29.2 Å². The summed E-state index contributed by atoms with van der Waals surface area (Å²) >= 11 is 0. The van der Waals surface area contributed by atoms with Crippen LogP contribution in [0, 0.1) is 0 Å². The molecule has 0 radical (unpaired) electrons. The van der Waals surface area contributed by atoms with Crippen molar-refractivity contribution in [3.05, 3.63) is 64.5 Å². The van der Waals surface area contributed by atoms with Gasteiger partial charge in [-0.3, -0.25) is 4.98 Å². The zero-order valence-corrected chi connectivity index (χ0v) is 13.0. The van der Waals surface area contributed by atoms with Crippen LogP contribution in [0.25, 0.3) is 0 Å². The molecule has 2 heterocycles. The molecule has 8 heteroatoms. The summed E-state index contributed by atoms with van der Waals surface area (Å²) in [5.74, 6) is 0. The highest BCUT2D eigenvalue weighted by Crippen LogP contribution is 2.30. The van der Waals surface area contributed by atoms with Crippen LogP contribution in [-0.4, -0.2) is 32.7 Å². The summed E-state index contributed by atoms with van der Waals surface area (Å²) < 4.78 is 37.7. The molecule has 1 aliphatic rings. The van der Waals surface area contributed by atoms with Crippen molar-refractivity contribution < 1.29 is 28.2 Å². The average molecular weight is 352 g/mol. The predicted molar refractivity (Wildman–Crippen MR) is 81.9 cm³/mol. The van der Waals surface area contributed by atoms with E-state index < -0.39 is 24.1 Å². The van der Waals surface area contributed by atoms with Crippen molar-refractivity contribution in [3.63, 3.8) is 0 Å². The molecule has 0 saturated carbocycles. The van der Waals surface area contributed by atoms with Crippen molar-refractivity contribution in [1.82, 2.24) is 9.88 Å².